The molecule has 0 unspecified atom stereocenters. The van der Waals surface area contributed by atoms with Gasteiger partial charge in [-0.2, -0.15) is 0 Å². The molecule has 1 aromatic heterocycles. The van der Waals surface area contributed by atoms with Crippen LogP contribution in [0.1, 0.15) is 44.6 Å². The first-order chi connectivity index (χ1) is 15.3. The van der Waals surface area contributed by atoms with Gasteiger partial charge in [0.25, 0.3) is 0 Å². The molecule has 0 saturated carbocycles. The molecule has 1 aliphatic rings. The smallest absolute Gasteiger partial charge is 0.410 e. The largest absolute Gasteiger partial charge is 0.447 e. The minimum atomic E-state index is -1.36. The number of aromatic nitrogens is 1. The summed E-state index contributed by atoms with van der Waals surface area (Å²) in [5.74, 6) is 0.129. The van der Waals surface area contributed by atoms with Gasteiger partial charge in [-0.25, -0.2) is 14.2 Å². The van der Waals surface area contributed by atoms with Crippen molar-refractivity contribution in [1.29, 1.82) is 5.41 Å². The Morgan fingerprint density at radius 1 is 1.38 bits per heavy atom. The van der Waals surface area contributed by atoms with Crippen molar-refractivity contribution >= 4 is 17.9 Å². The highest BCUT2D eigenvalue weighted by molar-refractivity contribution is 5.79. The monoisotopic (exact) mass is 441 g/mol. The average molecular weight is 442 g/mol. The van der Waals surface area contributed by atoms with Gasteiger partial charge in [-0.15, -0.1) is 0 Å². The van der Waals surface area contributed by atoms with Crippen LogP contribution in [0.4, 0.5) is 9.18 Å². The van der Waals surface area contributed by atoms with Crippen LogP contribution in [0.2, 0.25) is 0 Å². The molecule has 3 rings (SSSR count). The summed E-state index contributed by atoms with van der Waals surface area (Å²) < 4.78 is 24.7. The molecule has 0 radical (unpaired) electrons. The molecule has 1 aromatic carbocycles. The highest BCUT2D eigenvalue weighted by Gasteiger charge is 2.42. The van der Waals surface area contributed by atoms with Gasteiger partial charge in [0.2, 0.25) is 5.89 Å². The number of nitrogens with one attached hydrogen (secondary N) is 1. The first-order valence-corrected chi connectivity index (χ1v) is 10.5. The lowest BCUT2D eigenvalue weighted by molar-refractivity contribution is -0.0419. The fraction of sp³-hybridized carbons (Fsp3) is 0.375. The lowest BCUT2D eigenvalue weighted by Crippen LogP contribution is -2.46. The van der Waals surface area contributed by atoms with Crippen molar-refractivity contribution in [1.82, 2.24) is 9.88 Å². The summed E-state index contributed by atoms with van der Waals surface area (Å²) in [6.07, 6.45) is 4.65. The molecule has 32 heavy (non-hydrogen) atoms. The van der Waals surface area contributed by atoms with E-state index in [9.17, 15) is 14.3 Å². The summed E-state index contributed by atoms with van der Waals surface area (Å²) in [5, 5.41) is 19.0. The Kier molecular flexibility index (Phi) is 7.25. The third kappa shape index (κ3) is 5.13. The molecule has 0 bridgehead atoms. The maximum Gasteiger partial charge on any atom is 0.410 e. The molecular formula is C24H28FN3O4. The van der Waals surface area contributed by atoms with Gasteiger partial charge in [0, 0.05) is 37.9 Å². The molecule has 1 saturated heterocycles. The summed E-state index contributed by atoms with van der Waals surface area (Å²) in [6.45, 7) is 7.87. The fourth-order valence-electron chi connectivity index (χ4n) is 3.63. The number of benzene rings is 1. The number of amides is 1. The van der Waals surface area contributed by atoms with Crippen molar-refractivity contribution in [2.45, 2.75) is 44.8 Å². The van der Waals surface area contributed by atoms with Gasteiger partial charge < -0.3 is 24.6 Å². The maximum absolute atomic E-state index is 13.4. The summed E-state index contributed by atoms with van der Waals surface area (Å²) in [4.78, 5) is 18.4. The third-order valence-electron chi connectivity index (χ3n) is 5.27. The maximum atomic E-state index is 13.4. The lowest BCUT2D eigenvalue weighted by atomic mass is 9.86. The van der Waals surface area contributed by atoms with Gasteiger partial charge in [0.05, 0.1) is 6.10 Å². The molecule has 0 atom stereocenters. The lowest BCUT2D eigenvalue weighted by Gasteiger charge is -2.36. The second-order valence-corrected chi connectivity index (χ2v) is 7.99. The Morgan fingerprint density at radius 3 is 2.59 bits per heavy atom. The Balaban J connectivity index is 1.97. The predicted molar refractivity (Wildman–Crippen MR) is 120 cm³/mol. The van der Waals surface area contributed by atoms with Gasteiger partial charge in [-0.3, -0.25) is 0 Å². The minimum Gasteiger partial charge on any atom is -0.447 e. The Hall–Kier alpha value is -3.26. The second kappa shape index (κ2) is 9.91. The first kappa shape index (κ1) is 23.4. The van der Waals surface area contributed by atoms with E-state index in [1.807, 2.05) is 0 Å². The van der Waals surface area contributed by atoms with Crippen molar-refractivity contribution in [2.24, 2.45) is 0 Å². The second-order valence-electron chi connectivity index (χ2n) is 7.99. The molecule has 2 heterocycles. The standard InChI is InChI=1S/C24H28FN3O4/c1-4-5-17(10-13-26)20-21(32-22(27-20)18-6-8-19(25)9-7-18)24(30)11-14-28(15-12-24)23(29)31-16(2)3/h4-9,13,16,26,30H,1,10-12,14-15H2,2-3H3/b17-5+,26-13?. The van der Waals surface area contributed by atoms with Crippen LogP contribution in [-0.4, -0.2) is 46.5 Å². The number of ether oxygens (including phenoxy) is 1. The number of likely N-dealkylation sites (tertiary alicyclic amines) is 1. The number of rotatable bonds is 7. The van der Waals surface area contributed by atoms with Crippen LogP contribution in [0.15, 0.2) is 47.4 Å². The number of carbonyl (C=O) groups excluding carboxylic acids is 1. The van der Waals surface area contributed by atoms with Gasteiger partial charge >= 0.3 is 6.09 Å². The van der Waals surface area contributed by atoms with Crippen molar-refractivity contribution in [3.05, 3.63) is 60.3 Å². The molecule has 0 spiro atoms. The van der Waals surface area contributed by atoms with Crippen LogP contribution in [0.5, 0.6) is 0 Å². The van der Waals surface area contributed by atoms with E-state index >= 15 is 0 Å². The zero-order valence-electron chi connectivity index (χ0n) is 18.3. The number of allylic oxidation sites excluding steroid dienone is 3. The van der Waals surface area contributed by atoms with Gasteiger partial charge in [0.15, 0.2) is 5.76 Å². The fourth-order valence-corrected chi connectivity index (χ4v) is 3.63. The molecule has 8 heteroatoms. The molecule has 2 aromatic rings. The summed E-state index contributed by atoms with van der Waals surface area (Å²) in [7, 11) is 0. The van der Waals surface area contributed by atoms with E-state index in [4.69, 9.17) is 14.6 Å². The number of hydrogen-bond acceptors (Lipinski definition) is 6. The number of piperidine rings is 1. The first-order valence-electron chi connectivity index (χ1n) is 10.5. The molecular weight excluding hydrogens is 413 g/mol. The summed E-state index contributed by atoms with van der Waals surface area (Å²) in [5.41, 5.74) is 0.288. The van der Waals surface area contributed by atoms with Crippen molar-refractivity contribution in [3.8, 4) is 11.5 Å². The van der Waals surface area contributed by atoms with E-state index in [1.165, 1.54) is 18.3 Å². The van der Waals surface area contributed by atoms with Crippen LogP contribution in [0.25, 0.3) is 17.0 Å². The molecule has 7 nitrogen and oxygen atoms in total. The van der Waals surface area contributed by atoms with E-state index in [-0.39, 0.29) is 42.8 Å². The van der Waals surface area contributed by atoms with Gasteiger partial charge in [-0.05, 0) is 49.9 Å². The van der Waals surface area contributed by atoms with Crippen LogP contribution in [0.3, 0.4) is 0 Å². The van der Waals surface area contributed by atoms with Crippen molar-refractivity contribution < 1.29 is 23.4 Å². The van der Waals surface area contributed by atoms with Gasteiger partial charge in [0.1, 0.15) is 17.1 Å². The number of carbonyl (C=O) groups is 1. The number of halogens is 1. The zero-order valence-corrected chi connectivity index (χ0v) is 18.3. The van der Waals surface area contributed by atoms with E-state index in [0.29, 0.717) is 29.9 Å². The quantitative estimate of drug-likeness (QED) is 0.469. The topological polar surface area (TPSA) is 99.6 Å². The minimum absolute atomic E-state index is 0.227. The van der Waals surface area contributed by atoms with Crippen LogP contribution in [-0.2, 0) is 10.3 Å². The van der Waals surface area contributed by atoms with Crippen LogP contribution < -0.4 is 0 Å². The SMILES string of the molecule is C=C/C=C(\CC=N)c1nc(-c2ccc(F)cc2)oc1C1(O)CCN(C(=O)OC(C)C)CC1. The summed E-state index contributed by atoms with van der Waals surface area (Å²) >= 11 is 0. The van der Waals surface area contributed by atoms with E-state index in [0.717, 1.165) is 0 Å². The number of nitrogens with zero attached hydrogens (tertiary/aromatic N) is 2. The zero-order chi connectivity index (χ0) is 23.3. The molecule has 1 amide bonds. The molecule has 1 aliphatic heterocycles. The van der Waals surface area contributed by atoms with E-state index in [1.54, 1.807) is 43.0 Å². The highest BCUT2D eigenvalue weighted by Crippen LogP contribution is 2.40. The van der Waals surface area contributed by atoms with E-state index < -0.39 is 11.7 Å². The average Bonchev–Trinajstić information content (AvgIpc) is 3.20. The Labute approximate surface area is 186 Å². The Morgan fingerprint density at radius 2 is 2.03 bits per heavy atom. The van der Waals surface area contributed by atoms with Crippen molar-refractivity contribution in [2.75, 3.05) is 13.1 Å². The highest BCUT2D eigenvalue weighted by atomic mass is 19.1. The van der Waals surface area contributed by atoms with E-state index in [2.05, 4.69) is 11.6 Å². The molecule has 0 aliphatic carbocycles. The number of hydrogen-bond donors (Lipinski definition) is 2. The molecule has 170 valence electrons. The predicted octanol–water partition coefficient (Wildman–Crippen LogP) is 4.92. The normalized spacial score (nSPS) is 16.2. The molecule has 1 fully saturated rings. The number of aliphatic hydroxyl groups is 1. The molecule has 2 N–H and O–H groups in total. The van der Waals surface area contributed by atoms with Crippen LogP contribution in [0, 0.1) is 11.2 Å². The Bertz CT molecular complexity index is 1000. The summed E-state index contributed by atoms with van der Waals surface area (Å²) in [6, 6.07) is 5.72. The van der Waals surface area contributed by atoms with Crippen molar-refractivity contribution in [3.63, 3.8) is 0 Å². The third-order valence-corrected chi connectivity index (χ3v) is 5.27. The number of oxazole rings is 1. The van der Waals surface area contributed by atoms with Gasteiger partial charge in [-0.1, -0.05) is 18.7 Å². The van der Waals surface area contributed by atoms with Crippen LogP contribution >= 0.6 is 0 Å².